The summed E-state index contributed by atoms with van der Waals surface area (Å²) in [6.45, 7) is 4.08. The van der Waals surface area contributed by atoms with E-state index in [9.17, 15) is 9.59 Å². The van der Waals surface area contributed by atoms with Crippen LogP contribution in [0.5, 0.6) is 0 Å². The van der Waals surface area contributed by atoms with Crippen molar-refractivity contribution in [2.45, 2.75) is 39.0 Å². The van der Waals surface area contributed by atoms with Gasteiger partial charge in [-0.15, -0.1) is 0 Å². The van der Waals surface area contributed by atoms with E-state index in [4.69, 9.17) is 4.74 Å². The van der Waals surface area contributed by atoms with Crippen LogP contribution in [0.15, 0.2) is 24.3 Å². The zero-order valence-corrected chi connectivity index (χ0v) is 11.5. The van der Waals surface area contributed by atoms with Crippen LogP contribution in [-0.4, -0.2) is 18.4 Å². The quantitative estimate of drug-likeness (QED) is 0.583. The Morgan fingerprint density at radius 2 is 2.05 bits per heavy atom. The van der Waals surface area contributed by atoms with E-state index in [2.05, 4.69) is 0 Å². The van der Waals surface area contributed by atoms with Crippen molar-refractivity contribution < 1.29 is 14.3 Å². The van der Waals surface area contributed by atoms with E-state index >= 15 is 0 Å². The minimum atomic E-state index is -0.594. The van der Waals surface area contributed by atoms with Crippen molar-refractivity contribution in [3.8, 4) is 0 Å². The molecule has 1 aliphatic rings. The summed E-state index contributed by atoms with van der Waals surface area (Å²) < 4.78 is 5.02. The van der Waals surface area contributed by atoms with Crippen molar-refractivity contribution in [1.29, 1.82) is 0 Å². The number of hydrogen-bond acceptors (Lipinski definition) is 3. The Balaban J connectivity index is 2.11. The van der Waals surface area contributed by atoms with Gasteiger partial charge in [-0.1, -0.05) is 37.6 Å². The molecule has 0 heterocycles. The molecule has 3 heteroatoms. The molecule has 2 atom stereocenters. The first-order valence-electron chi connectivity index (χ1n) is 6.97. The number of benzene rings is 1. The monoisotopic (exact) mass is 260 g/mol. The number of ketones is 1. The first-order chi connectivity index (χ1) is 9.19. The van der Waals surface area contributed by atoms with Crippen molar-refractivity contribution in [2.24, 2.45) is 5.92 Å². The third kappa shape index (κ3) is 2.70. The Hall–Kier alpha value is -1.64. The van der Waals surface area contributed by atoms with Gasteiger partial charge in [-0.25, -0.2) is 0 Å². The molecule has 0 bridgehead atoms. The average Bonchev–Trinajstić information content (AvgIpc) is 2.37. The molecule has 0 radical (unpaired) electrons. The predicted octanol–water partition coefficient (Wildman–Crippen LogP) is 2.87. The van der Waals surface area contributed by atoms with Crippen molar-refractivity contribution >= 4 is 11.8 Å². The summed E-state index contributed by atoms with van der Waals surface area (Å²) in [7, 11) is 0. The lowest BCUT2D eigenvalue weighted by Gasteiger charge is -2.31. The van der Waals surface area contributed by atoms with Gasteiger partial charge in [0.15, 0.2) is 5.78 Å². The van der Waals surface area contributed by atoms with Crippen molar-refractivity contribution in [1.82, 2.24) is 0 Å². The van der Waals surface area contributed by atoms with Gasteiger partial charge in [0.05, 0.1) is 6.61 Å². The molecular weight excluding hydrogens is 240 g/mol. The largest absolute Gasteiger partial charge is 0.465 e. The zero-order chi connectivity index (χ0) is 13.8. The Labute approximate surface area is 114 Å². The summed E-state index contributed by atoms with van der Waals surface area (Å²) in [5, 5.41) is 0. The van der Waals surface area contributed by atoms with E-state index in [0.29, 0.717) is 13.0 Å². The Kier molecular flexibility index (Phi) is 4.35. The maximum atomic E-state index is 12.5. The van der Waals surface area contributed by atoms with Crippen LogP contribution in [0.1, 0.15) is 43.7 Å². The molecule has 2 rings (SSSR count). The van der Waals surface area contributed by atoms with Gasteiger partial charge in [-0.05, 0) is 30.9 Å². The van der Waals surface area contributed by atoms with E-state index in [1.165, 1.54) is 5.56 Å². The van der Waals surface area contributed by atoms with Crippen LogP contribution >= 0.6 is 0 Å². The van der Waals surface area contributed by atoms with Crippen molar-refractivity contribution in [3.05, 3.63) is 35.4 Å². The second-order valence-electron chi connectivity index (χ2n) is 4.95. The number of ether oxygens (including phenoxy) is 1. The summed E-state index contributed by atoms with van der Waals surface area (Å²) >= 11 is 0. The smallest absolute Gasteiger partial charge is 0.316 e. The molecule has 1 aliphatic carbocycles. The van der Waals surface area contributed by atoms with Gasteiger partial charge >= 0.3 is 5.97 Å². The molecule has 0 fully saturated rings. The number of esters is 1. The molecular formula is C16H20O3. The highest BCUT2D eigenvalue weighted by Crippen LogP contribution is 2.38. The SMILES string of the molecule is CCCC(C(=O)OCC)C(=O)C1Cc2ccccc21. The van der Waals surface area contributed by atoms with Crippen LogP contribution in [0.4, 0.5) is 0 Å². The van der Waals surface area contributed by atoms with E-state index in [0.717, 1.165) is 18.4 Å². The maximum absolute atomic E-state index is 12.5. The van der Waals surface area contributed by atoms with Gasteiger partial charge < -0.3 is 4.74 Å². The molecule has 0 saturated carbocycles. The third-order valence-corrected chi connectivity index (χ3v) is 3.69. The first kappa shape index (κ1) is 13.8. The van der Waals surface area contributed by atoms with Crippen LogP contribution < -0.4 is 0 Å². The molecule has 0 saturated heterocycles. The number of fused-ring (bicyclic) bond motifs is 1. The molecule has 19 heavy (non-hydrogen) atoms. The van der Waals surface area contributed by atoms with E-state index in [1.807, 2.05) is 31.2 Å². The number of carbonyl (C=O) groups excluding carboxylic acids is 2. The molecule has 0 N–H and O–H groups in total. The minimum Gasteiger partial charge on any atom is -0.465 e. The van der Waals surface area contributed by atoms with Crippen LogP contribution in [-0.2, 0) is 20.7 Å². The molecule has 3 nitrogen and oxygen atoms in total. The van der Waals surface area contributed by atoms with E-state index in [-0.39, 0.29) is 17.7 Å². The third-order valence-electron chi connectivity index (χ3n) is 3.69. The summed E-state index contributed by atoms with van der Waals surface area (Å²) in [5.74, 6) is -1.04. The topological polar surface area (TPSA) is 43.4 Å². The second kappa shape index (κ2) is 6.00. The average molecular weight is 260 g/mol. The lowest BCUT2D eigenvalue weighted by atomic mass is 9.72. The first-order valence-corrected chi connectivity index (χ1v) is 6.97. The zero-order valence-electron chi connectivity index (χ0n) is 11.5. The lowest BCUT2D eigenvalue weighted by Crippen LogP contribution is -2.35. The van der Waals surface area contributed by atoms with Gasteiger partial charge in [0, 0.05) is 5.92 Å². The Morgan fingerprint density at radius 1 is 1.32 bits per heavy atom. The van der Waals surface area contributed by atoms with Crippen LogP contribution in [0, 0.1) is 5.92 Å². The molecule has 0 amide bonds. The molecule has 1 aromatic rings. The standard InChI is InChI=1S/C16H20O3/c1-3-7-13(16(18)19-4-2)15(17)14-10-11-8-5-6-9-12(11)14/h5-6,8-9,13-14H,3-4,7,10H2,1-2H3. The normalized spacial score (nSPS) is 18.1. The summed E-state index contributed by atoms with van der Waals surface area (Å²) in [6, 6.07) is 7.94. The van der Waals surface area contributed by atoms with Gasteiger partial charge in [0.1, 0.15) is 5.92 Å². The number of Topliss-reactive ketones (excluding diaryl/α,β-unsaturated/α-hetero) is 1. The van der Waals surface area contributed by atoms with Crippen LogP contribution in [0.25, 0.3) is 0 Å². The van der Waals surface area contributed by atoms with Crippen LogP contribution in [0.2, 0.25) is 0 Å². The Morgan fingerprint density at radius 3 is 2.68 bits per heavy atom. The molecule has 0 aliphatic heterocycles. The molecule has 0 aromatic heterocycles. The van der Waals surface area contributed by atoms with Gasteiger partial charge in [-0.2, -0.15) is 0 Å². The molecule has 2 unspecified atom stereocenters. The number of hydrogen-bond donors (Lipinski definition) is 0. The Bertz CT molecular complexity index is 479. The highest BCUT2D eigenvalue weighted by Gasteiger charge is 2.38. The number of rotatable bonds is 6. The fraction of sp³-hybridized carbons (Fsp3) is 0.500. The van der Waals surface area contributed by atoms with Gasteiger partial charge in [-0.3, -0.25) is 9.59 Å². The summed E-state index contributed by atoms with van der Waals surface area (Å²) in [4.78, 5) is 24.4. The minimum absolute atomic E-state index is 0.0269. The number of carbonyl (C=O) groups is 2. The van der Waals surface area contributed by atoms with Crippen molar-refractivity contribution in [2.75, 3.05) is 6.61 Å². The molecule has 1 aromatic carbocycles. The second-order valence-corrected chi connectivity index (χ2v) is 4.95. The van der Waals surface area contributed by atoms with Crippen molar-refractivity contribution in [3.63, 3.8) is 0 Å². The van der Waals surface area contributed by atoms with E-state index in [1.54, 1.807) is 6.92 Å². The predicted molar refractivity (Wildman–Crippen MR) is 72.9 cm³/mol. The van der Waals surface area contributed by atoms with Gasteiger partial charge in [0.2, 0.25) is 0 Å². The lowest BCUT2D eigenvalue weighted by molar-refractivity contribution is -0.152. The molecule has 0 spiro atoms. The van der Waals surface area contributed by atoms with Gasteiger partial charge in [0.25, 0.3) is 0 Å². The summed E-state index contributed by atoms with van der Waals surface area (Å²) in [6.07, 6.45) is 2.15. The fourth-order valence-electron chi connectivity index (χ4n) is 2.66. The fourth-order valence-corrected chi connectivity index (χ4v) is 2.66. The maximum Gasteiger partial charge on any atom is 0.316 e. The highest BCUT2D eigenvalue weighted by atomic mass is 16.5. The molecule has 102 valence electrons. The van der Waals surface area contributed by atoms with E-state index < -0.39 is 5.92 Å². The highest BCUT2D eigenvalue weighted by molar-refractivity contribution is 6.03. The van der Waals surface area contributed by atoms with Crippen LogP contribution in [0.3, 0.4) is 0 Å². The summed E-state index contributed by atoms with van der Waals surface area (Å²) in [5.41, 5.74) is 2.30.